The van der Waals surface area contributed by atoms with E-state index in [9.17, 15) is 13.2 Å². The molecule has 0 bridgehead atoms. The highest BCUT2D eigenvalue weighted by Crippen LogP contribution is 2.31. The third-order valence-electron chi connectivity index (χ3n) is 3.76. The van der Waals surface area contributed by atoms with Gasteiger partial charge in [-0.1, -0.05) is 12.0 Å². The van der Waals surface area contributed by atoms with Crippen LogP contribution < -0.4 is 10.6 Å². The van der Waals surface area contributed by atoms with E-state index in [-0.39, 0.29) is 12.1 Å². The fourth-order valence-corrected chi connectivity index (χ4v) is 2.78. The third kappa shape index (κ3) is 5.73. The van der Waals surface area contributed by atoms with Gasteiger partial charge in [0.15, 0.2) is 0 Å². The van der Waals surface area contributed by atoms with E-state index in [1.165, 1.54) is 6.07 Å². The lowest BCUT2D eigenvalue weighted by Gasteiger charge is -2.18. The number of anilines is 2. The lowest BCUT2D eigenvalue weighted by molar-refractivity contribution is -0.137. The lowest BCUT2D eigenvalue weighted by atomic mass is 10.0. The second kappa shape index (κ2) is 8.18. The molecule has 0 saturated carbocycles. The zero-order chi connectivity index (χ0) is 19.3. The molecule has 26 heavy (non-hydrogen) atoms. The van der Waals surface area contributed by atoms with Crippen molar-refractivity contribution in [2.24, 2.45) is 0 Å². The Bertz CT molecular complexity index is 789. The molecule has 0 aliphatic carbocycles. The predicted octanol–water partition coefficient (Wildman–Crippen LogP) is 5.55. The number of alkyl halides is 3. The van der Waals surface area contributed by atoms with Crippen LogP contribution in [-0.2, 0) is 12.6 Å². The standard InChI is InChI=1S/C21H23F3N2/c1-5-16-10-17(12-20(11-16)25-14(2)3)9-15(4)26-19-8-6-7-18(13-19)21(22,23)24/h1,6-8,10-15,25-26H,9H2,2-4H3. The van der Waals surface area contributed by atoms with E-state index in [0.29, 0.717) is 12.1 Å². The highest BCUT2D eigenvalue weighted by molar-refractivity contribution is 5.54. The summed E-state index contributed by atoms with van der Waals surface area (Å²) in [5.41, 5.74) is 2.53. The minimum absolute atomic E-state index is 0.0570. The van der Waals surface area contributed by atoms with Gasteiger partial charge in [0, 0.05) is 29.0 Å². The van der Waals surface area contributed by atoms with Gasteiger partial charge in [-0.3, -0.25) is 0 Å². The summed E-state index contributed by atoms with van der Waals surface area (Å²) in [6.07, 6.45) is 1.82. The maximum absolute atomic E-state index is 12.8. The van der Waals surface area contributed by atoms with Crippen LogP contribution in [0.1, 0.15) is 37.5 Å². The second-order valence-electron chi connectivity index (χ2n) is 6.69. The van der Waals surface area contributed by atoms with Crippen LogP contribution in [-0.4, -0.2) is 12.1 Å². The van der Waals surface area contributed by atoms with Crippen LogP contribution in [0.15, 0.2) is 42.5 Å². The Morgan fingerprint density at radius 1 is 1.00 bits per heavy atom. The van der Waals surface area contributed by atoms with Crippen molar-refractivity contribution in [3.63, 3.8) is 0 Å². The van der Waals surface area contributed by atoms with Crippen molar-refractivity contribution >= 4 is 11.4 Å². The molecule has 2 rings (SSSR count). The molecular weight excluding hydrogens is 337 g/mol. The minimum atomic E-state index is -4.35. The van der Waals surface area contributed by atoms with Gasteiger partial charge in [-0.2, -0.15) is 13.2 Å². The Balaban J connectivity index is 2.12. The lowest BCUT2D eigenvalue weighted by Crippen LogP contribution is -2.19. The van der Waals surface area contributed by atoms with Crippen molar-refractivity contribution < 1.29 is 13.2 Å². The minimum Gasteiger partial charge on any atom is -0.383 e. The summed E-state index contributed by atoms with van der Waals surface area (Å²) in [6, 6.07) is 11.3. The van der Waals surface area contributed by atoms with E-state index >= 15 is 0 Å². The molecule has 0 aliphatic rings. The fraction of sp³-hybridized carbons (Fsp3) is 0.333. The zero-order valence-corrected chi connectivity index (χ0v) is 15.1. The van der Waals surface area contributed by atoms with Gasteiger partial charge in [0.05, 0.1) is 5.56 Å². The first-order chi connectivity index (χ1) is 12.2. The first-order valence-electron chi connectivity index (χ1n) is 8.48. The quantitative estimate of drug-likeness (QED) is 0.660. The van der Waals surface area contributed by atoms with Gasteiger partial charge in [0.25, 0.3) is 0 Å². The number of halogens is 3. The van der Waals surface area contributed by atoms with Crippen LogP contribution in [0.5, 0.6) is 0 Å². The molecule has 2 aromatic rings. The molecule has 0 amide bonds. The average molecular weight is 360 g/mol. The molecule has 2 N–H and O–H groups in total. The maximum atomic E-state index is 12.8. The largest absolute Gasteiger partial charge is 0.416 e. The SMILES string of the molecule is C#Cc1cc(CC(C)Nc2cccc(C(F)(F)F)c2)cc(NC(C)C)c1. The number of rotatable bonds is 6. The molecule has 1 atom stereocenters. The van der Waals surface area contributed by atoms with Crippen LogP contribution in [0.3, 0.4) is 0 Å². The molecule has 0 spiro atoms. The monoisotopic (exact) mass is 360 g/mol. The zero-order valence-electron chi connectivity index (χ0n) is 15.1. The summed E-state index contributed by atoms with van der Waals surface area (Å²) < 4.78 is 38.5. The normalized spacial score (nSPS) is 12.5. The molecule has 0 aromatic heterocycles. The predicted molar refractivity (Wildman–Crippen MR) is 101 cm³/mol. The molecule has 1 unspecified atom stereocenters. The molecule has 2 aromatic carbocycles. The van der Waals surface area contributed by atoms with Crippen molar-refractivity contribution in [3.8, 4) is 12.3 Å². The van der Waals surface area contributed by atoms with E-state index in [1.54, 1.807) is 6.07 Å². The van der Waals surface area contributed by atoms with Crippen LogP contribution in [0.4, 0.5) is 24.5 Å². The Morgan fingerprint density at radius 2 is 1.73 bits per heavy atom. The summed E-state index contributed by atoms with van der Waals surface area (Å²) in [4.78, 5) is 0. The maximum Gasteiger partial charge on any atom is 0.416 e. The first kappa shape index (κ1) is 19.7. The van der Waals surface area contributed by atoms with Gasteiger partial charge in [-0.05, 0) is 69.2 Å². The molecule has 0 aliphatic heterocycles. The van der Waals surface area contributed by atoms with Gasteiger partial charge < -0.3 is 10.6 Å². The van der Waals surface area contributed by atoms with Gasteiger partial charge in [0.2, 0.25) is 0 Å². The number of nitrogens with one attached hydrogen (secondary N) is 2. The number of terminal acetylenes is 1. The fourth-order valence-electron chi connectivity index (χ4n) is 2.78. The van der Waals surface area contributed by atoms with E-state index in [0.717, 1.165) is 28.9 Å². The Kier molecular flexibility index (Phi) is 6.20. The van der Waals surface area contributed by atoms with Gasteiger partial charge in [-0.15, -0.1) is 6.42 Å². The Labute approximate surface area is 152 Å². The smallest absolute Gasteiger partial charge is 0.383 e. The van der Waals surface area contributed by atoms with E-state index < -0.39 is 11.7 Å². The van der Waals surface area contributed by atoms with Crippen molar-refractivity contribution in [1.29, 1.82) is 0 Å². The second-order valence-corrected chi connectivity index (χ2v) is 6.69. The molecule has 2 nitrogen and oxygen atoms in total. The van der Waals surface area contributed by atoms with Crippen molar-refractivity contribution in [2.75, 3.05) is 10.6 Å². The summed E-state index contributed by atoms with van der Waals surface area (Å²) in [7, 11) is 0. The molecule has 0 saturated heterocycles. The van der Waals surface area contributed by atoms with Crippen molar-refractivity contribution in [2.45, 2.75) is 45.5 Å². The molecule has 0 heterocycles. The molecule has 5 heteroatoms. The van der Waals surface area contributed by atoms with Crippen LogP contribution in [0.25, 0.3) is 0 Å². The highest BCUT2D eigenvalue weighted by Gasteiger charge is 2.30. The van der Waals surface area contributed by atoms with Gasteiger partial charge in [0.1, 0.15) is 0 Å². The van der Waals surface area contributed by atoms with Crippen LogP contribution >= 0.6 is 0 Å². The van der Waals surface area contributed by atoms with Crippen LogP contribution in [0.2, 0.25) is 0 Å². The first-order valence-corrected chi connectivity index (χ1v) is 8.48. The van der Waals surface area contributed by atoms with E-state index in [1.807, 2.05) is 39.0 Å². The summed E-state index contributed by atoms with van der Waals surface area (Å²) >= 11 is 0. The molecule has 138 valence electrons. The van der Waals surface area contributed by atoms with E-state index in [4.69, 9.17) is 6.42 Å². The highest BCUT2D eigenvalue weighted by atomic mass is 19.4. The summed E-state index contributed by atoms with van der Waals surface area (Å²) in [5.74, 6) is 2.64. The summed E-state index contributed by atoms with van der Waals surface area (Å²) in [6.45, 7) is 6.01. The number of benzene rings is 2. The van der Waals surface area contributed by atoms with E-state index in [2.05, 4.69) is 16.6 Å². The number of hydrogen-bond acceptors (Lipinski definition) is 2. The topological polar surface area (TPSA) is 24.1 Å². The Morgan fingerprint density at radius 3 is 2.35 bits per heavy atom. The molecule has 0 fully saturated rings. The summed E-state index contributed by atoms with van der Waals surface area (Å²) in [5, 5.41) is 6.45. The molecule has 0 radical (unpaired) electrons. The average Bonchev–Trinajstić information content (AvgIpc) is 2.53. The van der Waals surface area contributed by atoms with Crippen molar-refractivity contribution in [3.05, 3.63) is 59.2 Å². The van der Waals surface area contributed by atoms with Crippen LogP contribution in [0, 0.1) is 12.3 Å². The molecular formula is C21H23F3N2. The van der Waals surface area contributed by atoms with Gasteiger partial charge >= 0.3 is 6.18 Å². The van der Waals surface area contributed by atoms with Gasteiger partial charge in [-0.25, -0.2) is 0 Å². The van der Waals surface area contributed by atoms with Crippen molar-refractivity contribution in [1.82, 2.24) is 0 Å². The Hall–Kier alpha value is -2.61. The third-order valence-corrected chi connectivity index (χ3v) is 3.76. The number of hydrogen-bond donors (Lipinski definition) is 2.